The first-order chi connectivity index (χ1) is 9.30. The molecule has 0 amide bonds. The molecule has 0 saturated carbocycles. The number of methoxy groups -OCH3 is 1. The molecule has 0 aliphatic rings. The quantitative estimate of drug-likeness (QED) is 0.840. The molecule has 0 aliphatic carbocycles. The number of hydrogen-bond donors (Lipinski definition) is 0. The summed E-state index contributed by atoms with van der Waals surface area (Å²) in [5, 5.41) is 17.2. The summed E-state index contributed by atoms with van der Waals surface area (Å²) in [4.78, 5) is 0. The highest BCUT2D eigenvalue weighted by Crippen LogP contribution is 2.27. The van der Waals surface area contributed by atoms with Crippen LogP contribution in [0.5, 0.6) is 5.75 Å². The molecule has 0 N–H and O–H groups in total. The number of rotatable bonds is 4. The second-order valence-corrected chi connectivity index (χ2v) is 4.14. The van der Waals surface area contributed by atoms with E-state index in [9.17, 15) is 5.26 Å². The van der Waals surface area contributed by atoms with Crippen molar-refractivity contribution in [1.29, 1.82) is 5.26 Å². The predicted molar refractivity (Wildman–Crippen MR) is 71.9 cm³/mol. The first kappa shape index (κ1) is 13.0. The van der Waals surface area contributed by atoms with Gasteiger partial charge in [-0.2, -0.15) is 15.5 Å². The van der Waals surface area contributed by atoms with Crippen molar-refractivity contribution in [2.75, 3.05) is 7.11 Å². The van der Waals surface area contributed by atoms with Gasteiger partial charge in [-0.3, -0.25) is 0 Å². The molecule has 1 aromatic carbocycles. The van der Waals surface area contributed by atoms with Gasteiger partial charge in [-0.1, -0.05) is 19.1 Å². The molecule has 1 unspecified atom stereocenters. The molecule has 0 aliphatic heterocycles. The summed E-state index contributed by atoms with van der Waals surface area (Å²) in [6, 6.07) is 11.7. The Morgan fingerprint density at radius 3 is 2.79 bits per heavy atom. The Balaban J connectivity index is 2.43. The second kappa shape index (κ2) is 5.96. The van der Waals surface area contributed by atoms with E-state index in [2.05, 4.69) is 23.2 Å². The number of hydrogen-bond acceptors (Lipinski definition) is 4. The zero-order valence-corrected chi connectivity index (χ0v) is 11.0. The molecule has 96 valence electrons. The maximum Gasteiger partial charge on any atom is 0.122 e. The zero-order chi connectivity index (χ0) is 13.7. The second-order valence-electron chi connectivity index (χ2n) is 4.14. The average molecular weight is 253 g/mol. The summed E-state index contributed by atoms with van der Waals surface area (Å²) in [5.41, 5.74) is 2.67. The number of ether oxygens (including phenoxy) is 1. The minimum absolute atomic E-state index is 0.398. The smallest absolute Gasteiger partial charge is 0.122 e. The molecule has 1 aromatic heterocycles. The van der Waals surface area contributed by atoms with E-state index >= 15 is 0 Å². The molecule has 0 saturated heterocycles. The fraction of sp³-hybridized carbons (Fsp3) is 0.267. The SMILES string of the molecule is CCc1cc(C(C#N)c2cccnn2)ccc1OC. The average Bonchev–Trinajstić information content (AvgIpc) is 2.49. The van der Waals surface area contributed by atoms with E-state index < -0.39 is 5.92 Å². The van der Waals surface area contributed by atoms with Crippen LogP contribution in [0, 0.1) is 11.3 Å². The molecular weight excluding hydrogens is 238 g/mol. The van der Waals surface area contributed by atoms with Crippen molar-refractivity contribution < 1.29 is 4.74 Å². The van der Waals surface area contributed by atoms with Crippen molar-refractivity contribution in [3.63, 3.8) is 0 Å². The van der Waals surface area contributed by atoms with Gasteiger partial charge in [0.1, 0.15) is 11.7 Å². The van der Waals surface area contributed by atoms with E-state index in [4.69, 9.17) is 4.74 Å². The Morgan fingerprint density at radius 2 is 2.21 bits per heavy atom. The summed E-state index contributed by atoms with van der Waals surface area (Å²) in [6.45, 7) is 2.06. The van der Waals surface area contributed by atoms with Gasteiger partial charge in [-0.25, -0.2) is 0 Å². The van der Waals surface area contributed by atoms with Crippen molar-refractivity contribution in [3.8, 4) is 11.8 Å². The first-order valence-corrected chi connectivity index (χ1v) is 6.14. The van der Waals surface area contributed by atoms with Crippen LogP contribution in [0.15, 0.2) is 36.5 Å². The van der Waals surface area contributed by atoms with Crippen LogP contribution in [-0.2, 0) is 6.42 Å². The lowest BCUT2D eigenvalue weighted by Gasteiger charge is -2.12. The molecule has 2 rings (SSSR count). The normalized spacial score (nSPS) is 11.6. The van der Waals surface area contributed by atoms with Gasteiger partial charge in [0.2, 0.25) is 0 Å². The summed E-state index contributed by atoms with van der Waals surface area (Å²) in [5.74, 6) is 0.451. The lowest BCUT2D eigenvalue weighted by Crippen LogP contribution is -2.03. The van der Waals surface area contributed by atoms with Crippen LogP contribution in [0.4, 0.5) is 0 Å². The van der Waals surface area contributed by atoms with Crippen LogP contribution in [0.1, 0.15) is 29.7 Å². The van der Waals surface area contributed by atoms with Gasteiger partial charge in [0.25, 0.3) is 0 Å². The largest absolute Gasteiger partial charge is 0.496 e. The third-order valence-corrected chi connectivity index (χ3v) is 3.04. The molecule has 4 nitrogen and oxygen atoms in total. The van der Waals surface area contributed by atoms with Crippen molar-refractivity contribution in [2.45, 2.75) is 19.3 Å². The Kier molecular flexibility index (Phi) is 4.09. The van der Waals surface area contributed by atoms with Gasteiger partial charge in [0, 0.05) is 6.20 Å². The van der Waals surface area contributed by atoms with E-state index in [-0.39, 0.29) is 0 Å². The molecule has 0 radical (unpaired) electrons. The number of benzene rings is 1. The van der Waals surface area contributed by atoms with Crippen LogP contribution in [0.3, 0.4) is 0 Å². The van der Waals surface area contributed by atoms with Crippen LogP contribution in [0.25, 0.3) is 0 Å². The standard InChI is InChI=1S/C15H15N3O/c1-3-11-9-12(6-7-15(11)19-2)13(10-16)14-5-4-8-17-18-14/h4-9,13H,3H2,1-2H3. The minimum atomic E-state index is -0.398. The summed E-state index contributed by atoms with van der Waals surface area (Å²) in [7, 11) is 1.65. The maximum atomic E-state index is 9.37. The Bertz CT molecular complexity index is 590. The topological polar surface area (TPSA) is 58.8 Å². The van der Waals surface area contributed by atoms with E-state index in [1.807, 2.05) is 24.3 Å². The van der Waals surface area contributed by atoms with Crippen molar-refractivity contribution in [1.82, 2.24) is 10.2 Å². The summed E-state index contributed by atoms with van der Waals surface area (Å²) >= 11 is 0. The fourth-order valence-corrected chi connectivity index (χ4v) is 2.03. The monoisotopic (exact) mass is 253 g/mol. The first-order valence-electron chi connectivity index (χ1n) is 6.14. The van der Waals surface area contributed by atoms with E-state index in [1.54, 1.807) is 19.4 Å². The van der Waals surface area contributed by atoms with Gasteiger partial charge in [0.05, 0.1) is 18.9 Å². The third-order valence-electron chi connectivity index (χ3n) is 3.04. The molecule has 0 bridgehead atoms. The van der Waals surface area contributed by atoms with Crippen molar-refractivity contribution >= 4 is 0 Å². The highest BCUT2D eigenvalue weighted by atomic mass is 16.5. The van der Waals surface area contributed by atoms with Crippen LogP contribution < -0.4 is 4.74 Å². The molecule has 1 heterocycles. The molecule has 4 heteroatoms. The van der Waals surface area contributed by atoms with Gasteiger partial charge in [-0.05, 0) is 35.7 Å². The zero-order valence-electron chi connectivity index (χ0n) is 11.0. The summed E-state index contributed by atoms with van der Waals surface area (Å²) < 4.78 is 5.30. The van der Waals surface area contributed by atoms with Gasteiger partial charge >= 0.3 is 0 Å². The molecule has 0 fully saturated rings. The van der Waals surface area contributed by atoms with Crippen LogP contribution >= 0.6 is 0 Å². The van der Waals surface area contributed by atoms with E-state index in [0.717, 1.165) is 23.3 Å². The highest BCUT2D eigenvalue weighted by Gasteiger charge is 2.16. The number of aryl methyl sites for hydroxylation is 1. The third kappa shape index (κ3) is 2.71. The minimum Gasteiger partial charge on any atom is -0.496 e. The molecule has 1 atom stereocenters. The van der Waals surface area contributed by atoms with Crippen LogP contribution in [0.2, 0.25) is 0 Å². The maximum absolute atomic E-state index is 9.37. The number of nitrogens with zero attached hydrogens (tertiary/aromatic N) is 3. The lowest BCUT2D eigenvalue weighted by atomic mass is 9.94. The van der Waals surface area contributed by atoms with Gasteiger partial charge < -0.3 is 4.74 Å². The molecule has 2 aromatic rings. The molecular formula is C15H15N3O. The van der Waals surface area contributed by atoms with E-state index in [0.29, 0.717) is 5.69 Å². The lowest BCUT2D eigenvalue weighted by molar-refractivity contribution is 0.410. The molecule has 19 heavy (non-hydrogen) atoms. The Labute approximate surface area is 112 Å². The fourth-order valence-electron chi connectivity index (χ4n) is 2.03. The van der Waals surface area contributed by atoms with Crippen molar-refractivity contribution in [2.24, 2.45) is 0 Å². The number of aromatic nitrogens is 2. The summed E-state index contributed by atoms with van der Waals surface area (Å²) in [6.07, 6.45) is 2.46. The number of nitriles is 1. The highest BCUT2D eigenvalue weighted by molar-refractivity contribution is 5.43. The van der Waals surface area contributed by atoms with Gasteiger partial charge in [-0.15, -0.1) is 0 Å². The molecule has 0 spiro atoms. The van der Waals surface area contributed by atoms with Crippen molar-refractivity contribution in [3.05, 3.63) is 53.3 Å². The van der Waals surface area contributed by atoms with Crippen LogP contribution in [-0.4, -0.2) is 17.3 Å². The predicted octanol–water partition coefficient (Wildman–Crippen LogP) is 2.70. The Morgan fingerprint density at radius 1 is 1.37 bits per heavy atom. The van der Waals surface area contributed by atoms with Gasteiger partial charge in [0.15, 0.2) is 0 Å². The van der Waals surface area contributed by atoms with E-state index in [1.165, 1.54) is 0 Å². The Hall–Kier alpha value is -2.41.